The highest BCUT2D eigenvalue weighted by Gasteiger charge is 2.43. The second-order valence-electron chi connectivity index (χ2n) is 30.9. The number of guanidine groups is 6. The summed E-state index contributed by atoms with van der Waals surface area (Å²) in [6, 6.07) is 0.552. The van der Waals surface area contributed by atoms with Crippen molar-refractivity contribution in [3.05, 3.63) is 83.6 Å². The van der Waals surface area contributed by atoms with Crippen molar-refractivity contribution >= 4 is 145 Å². The summed E-state index contributed by atoms with van der Waals surface area (Å²) in [6.07, 6.45) is 11.1. The predicted molar refractivity (Wildman–Crippen MR) is 472 cm³/mol. The number of hydrogen-bond acceptors (Lipinski definition) is 22. The summed E-state index contributed by atoms with van der Waals surface area (Å²) in [5.41, 5.74) is 42.1. The van der Waals surface area contributed by atoms with Gasteiger partial charge in [0.15, 0.2) is 46.8 Å². The summed E-state index contributed by atoms with van der Waals surface area (Å²) in [7, 11) is -4.54. The molecule has 1 fully saturated rings. The van der Waals surface area contributed by atoms with Crippen LogP contribution in [-0.4, -0.2) is 233 Å². The number of fused-ring (bicyclic) bond motifs is 2. The van der Waals surface area contributed by atoms with E-state index in [1.807, 2.05) is 58.1 Å². The number of nitrogens with two attached hydrogens (primary N) is 7. The van der Waals surface area contributed by atoms with Crippen molar-refractivity contribution in [3.63, 3.8) is 0 Å². The van der Waals surface area contributed by atoms with Crippen LogP contribution in [0.4, 0.5) is 11.4 Å². The van der Waals surface area contributed by atoms with E-state index in [0.717, 1.165) is 39.3 Å². The number of nitrogens with one attached hydrogen (secondary N) is 19. The van der Waals surface area contributed by atoms with Crippen molar-refractivity contribution in [2.24, 2.45) is 51.0 Å². The van der Waals surface area contributed by atoms with Crippen LogP contribution >= 0.6 is 11.8 Å². The van der Waals surface area contributed by atoms with Gasteiger partial charge < -0.3 is 119 Å². The Bertz CT molecular complexity index is 4480. The minimum absolute atomic E-state index is 0.00337. The van der Waals surface area contributed by atoms with E-state index in [-0.39, 0.29) is 156 Å². The largest absolute Gasteiger partial charge is 0.370 e. The van der Waals surface area contributed by atoms with E-state index < -0.39 is 156 Å². The van der Waals surface area contributed by atoms with Crippen molar-refractivity contribution in [1.29, 1.82) is 32.5 Å². The lowest BCUT2D eigenvalue weighted by molar-refractivity contribution is -0.138. The molecule has 5 rings (SSSR count). The maximum Gasteiger partial charge on any atom is 0.294 e. The van der Waals surface area contributed by atoms with Crippen LogP contribution in [0.25, 0.3) is 0 Å². The third-order valence-electron chi connectivity index (χ3n) is 20.6. The molecule has 44 nitrogen and oxygen atoms in total. The summed E-state index contributed by atoms with van der Waals surface area (Å²) < 4.78 is 56.1. The first-order valence-corrected chi connectivity index (χ1v) is 44.1. The summed E-state index contributed by atoms with van der Waals surface area (Å²) in [5, 5.41) is 79.0. The Balaban J connectivity index is 1.24. The smallest absolute Gasteiger partial charge is 0.294 e. The van der Waals surface area contributed by atoms with Gasteiger partial charge in [-0.2, -0.15) is 8.42 Å². The number of imide groups is 1. The summed E-state index contributed by atoms with van der Waals surface area (Å²) >= 11 is -1.31. The molecule has 47 heteroatoms. The Kier molecular flexibility index (Phi) is 41.3. The van der Waals surface area contributed by atoms with Gasteiger partial charge in [0.1, 0.15) is 36.3 Å². The zero-order chi connectivity index (χ0) is 92.2. The van der Waals surface area contributed by atoms with Gasteiger partial charge in [-0.3, -0.25) is 94.8 Å². The number of amides is 10. The van der Waals surface area contributed by atoms with Gasteiger partial charge in [-0.25, -0.2) is 4.21 Å². The maximum absolute atomic E-state index is 14.8. The predicted octanol–water partition coefficient (Wildman–Crippen LogP) is -2.18. The molecule has 3 aliphatic rings. The molecule has 0 aliphatic carbocycles. The van der Waals surface area contributed by atoms with E-state index >= 15 is 0 Å². The number of carbonyl (C=O) groups excluding carboxylic acids is 10. The zero-order valence-corrected chi connectivity index (χ0v) is 72.8. The monoisotopic (exact) mass is 1790 g/mol. The third-order valence-corrected chi connectivity index (χ3v) is 23.4. The number of nitrogens with zero attached hydrogens (tertiary/aromatic N) is 3. The second-order valence-corrected chi connectivity index (χ2v) is 34.5. The molecule has 2 aromatic rings. The summed E-state index contributed by atoms with van der Waals surface area (Å²) in [5.74, 6) is -11.0. The molecule has 9 atom stereocenters. The molecule has 35 N–H and O–H groups in total. The Hall–Kier alpha value is -12.0. The molecule has 2 aromatic carbocycles. The standard InChI is InChI=1S/C77H123N29O15S3/c1-44(18-12-31-92-70(79)80)63(110)99-50(19-13-32-93-71(81)82)64(111)100-51(20-14-33-94-72(83)84)65(112)101-52(21-15-34-95-73(85)86)66(113)102-53(22-16-35-96-74(87)88)67(114)103-54(23-17-36-97-75(89)90)68(115)104-55(62(78)109)43-122-57-42-61(108)106(69(57)116)39-37-91-60(107)26-10-7-11-38-105-56-30-28-46(124(119,120)121)41-48(56)77(4,5)59(105)25-9-6-8-24-58-76(2,3)47-40-45(123(117)118)27-29-49(47)98-58/h6,8-9,24-25,27-30,40-41,44,50-55,57H,7,10-23,26,31-39,42-43H2,1-5H3,(H2,78,109)(H,91,107)(H,99,110)(H,100,111)(H,101,112)(H,102,113)(H,103,114)(H,104,115)(H,117,118)(H4,79,80,92)(H4,81,82,93)(H4,83,84,94)(H4,85,86,95)(H4,87,88,96)(H4,89,90,97)(H,119,120,121)/b9-6+,24-8+,59-25+/t44-,50-,51-,52-,53-,54-,55-,57?/m1/s1. The quantitative estimate of drug-likeness (QED) is 0.00637. The average molecular weight is 1790 g/mol. The number of unbranched alkanes of at least 4 members (excludes halogenated alkanes) is 2. The van der Waals surface area contributed by atoms with Crippen LogP contribution in [0.1, 0.15) is 155 Å². The Morgan fingerprint density at radius 3 is 1.40 bits per heavy atom. The first-order chi connectivity index (χ1) is 58.4. The van der Waals surface area contributed by atoms with Crippen molar-refractivity contribution in [3.8, 4) is 0 Å². The number of carbonyl (C=O) groups is 10. The topological polar surface area (TPSA) is 763 Å². The van der Waals surface area contributed by atoms with Crippen LogP contribution in [-0.2, 0) is 80.0 Å². The van der Waals surface area contributed by atoms with Crippen LogP contribution < -0.4 is 114 Å². The van der Waals surface area contributed by atoms with E-state index in [1.54, 1.807) is 31.2 Å². The number of rotatable bonds is 54. The SMILES string of the molecule is C[C@H](CCCNC(=N)N)C(=O)N[C@H](CCCNC(=N)N)C(=O)N[C@H](CCCNC(=N)N)C(=O)N[C@H](CCCNC(=N)N)C(=O)N[C@H](CCCNC(=N)N)C(=O)N[C@H](CCCNC(=N)N)C(=O)N[C@H](CSC1CC(=O)N(CCNC(=O)CCCCCN2/C(=C/C=C/C=C/C3=Nc4ccc(S(=O)O)cc4C3(C)C)C(C)(C)c3cc(S(=O)(=O)O)ccc32)C1=O)C(N)=O. The van der Waals surface area contributed by atoms with Gasteiger partial charge in [0.05, 0.1) is 26.4 Å². The van der Waals surface area contributed by atoms with Crippen molar-refractivity contribution in [2.45, 2.75) is 206 Å². The number of hydrogen-bond donors (Lipinski definition) is 28. The highest BCUT2D eigenvalue weighted by Crippen LogP contribution is 2.49. The fourth-order valence-corrected chi connectivity index (χ4v) is 15.9. The second kappa shape index (κ2) is 50.0. The molecular weight excluding hydrogens is 1670 g/mol. The molecule has 1 saturated heterocycles. The molecule has 0 radical (unpaired) electrons. The Morgan fingerprint density at radius 2 is 0.968 bits per heavy atom. The lowest BCUT2D eigenvalue weighted by Gasteiger charge is -2.28. The van der Waals surface area contributed by atoms with E-state index in [2.05, 4.69) is 74.0 Å². The zero-order valence-electron chi connectivity index (χ0n) is 70.4. The van der Waals surface area contributed by atoms with Gasteiger partial charge in [-0.05, 0) is 150 Å². The molecule has 2 unspecified atom stereocenters. The number of primary amides is 1. The summed E-state index contributed by atoms with van der Waals surface area (Å²) in [6.45, 7) is 10.1. The lowest BCUT2D eigenvalue weighted by Crippen LogP contribution is -2.60. The lowest BCUT2D eigenvalue weighted by atomic mass is 9.81. The van der Waals surface area contributed by atoms with E-state index in [9.17, 15) is 69.7 Å². The molecule has 684 valence electrons. The van der Waals surface area contributed by atoms with Crippen LogP contribution in [0.15, 0.2) is 87.3 Å². The minimum Gasteiger partial charge on any atom is -0.370 e. The first kappa shape index (κ1) is 103. The van der Waals surface area contributed by atoms with Crippen LogP contribution in [0.3, 0.4) is 0 Å². The highest BCUT2D eigenvalue weighted by molar-refractivity contribution is 8.00. The van der Waals surface area contributed by atoms with E-state index in [0.29, 0.717) is 56.4 Å². The van der Waals surface area contributed by atoms with Crippen LogP contribution in [0, 0.1) is 38.4 Å². The molecule has 124 heavy (non-hydrogen) atoms. The number of anilines is 1. The maximum atomic E-state index is 14.8. The highest BCUT2D eigenvalue weighted by atomic mass is 32.2. The van der Waals surface area contributed by atoms with Gasteiger partial charge in [-0.15, -0.1) is 11.8 Å². The van der Waals surface area contributed by atoms with Gasteiger partial charge in [0.25, 0.3) is 10.1 Å². The van der Waals surface area contributed by atoms with E-state index in [4.69, 9.17) is 77.6 Å². The number of aliphatic imine (C=N–C) groups is 1. The molecule has 3 aliphatic heterocycles. The fraction of sp³-hybridized carbons (Fsp3) is 0.545. The normalized spacial score (nSPS) is 16.6. The average Bonchev–Trinajstić information content (AvgIpc) is 1.58. The number of likely N-dealkylation sites (tertiary alicyclic amines) is 1. The van der Waals surface area contributed by atoms with Gasteiger partial charge >= 0.3 is 0 Å². The van der Waals surface area contributed by atoms with E-state index in [1.165, 1.54) is 12.1 Å². The third kappa shape index (κ3) is 33.7. The molecule has 0 saturated carbocycles. The van der Waals surface area contributed by atoms with Gasteiger partial charge in [0.2, 0.25) is 59.1 Å². The van der Waals surface area contributed by atoms with Gasteiger partial charge in [0, 0.05) is 106 Å². The van der Waals surface area contributed by atoms with Crippen molar-refractivity contribution in [2.75, 3.05) is 69.6 Å². The Morgan fingerprint density at radius 1 is 0.532 bits per heavy atom. The van der Waals surface area contributed by atoms with Crippen LogP contribution in [0.2, 0.25) is 0 Å². The number of thioether (sulfide) groups is 1. The Labute approximate surface area is 727 Å². The molecule has 0 bridgehead atoms. The van der Waals surface area contributed by atoms with Crippen LogP contribution in [0.5, 0.6) is 0 Å². The number of benzene rings is 2. The minimum atomic E-state index is -4.54. The molecule has 3 heterocycles. The molecule has 10 amide bonds. The molecular formula is C77H123N29O15S3. The fourth-order valence-electron chi connectivity index (χ4n) is 13.8. The molecule has 0 aromatic heterocycles. The molecule has 0 spiro atoms. The summed E-state index contributed by atoms with van der Waals surface area (Å²) in [4.78, 5) is 148. The van der Waals surface area contributed by atoms with Crippen molar-refractivity contribution < 1.29 is 69.7 Å². The van der Waals surface area contributed by atoms with Gasteiger partial charge in [-0.1, -0.05) is 59.3 Å². The first-order valence-electron chi connectivity index (χ1n) is 40.5. The number of allylic oxidation sites excluding steroid dienone is 6. The van der Waals surface area contributed by atoms with Crippen molar-refractivity contribution in [1.82, 2.24) is 74.0 Å².